The number of rotatable bonds is 5. The molecule has 5 heteroatoms. The van der Waals surface area contributed by atoms with Crippen LogP contribution in [-0.2, 0) is 9.59 Å². The van der Waals surface area contributed by atoms with Gasteiger partial charge in [0.25, 0.3) is 5.91 Å². The first kappa shape index (κ1) is 14.7. The van der Waals surface area contributed by atoms with Gasteiger partial charge < -0.3 is 15.7 Å². The maximum absolute atomic E-state index is 11.8. The first-order chi connectivity index (χ1) is 10.2. The molecule has 2 aromatic rings. The fourth-order valence-electron chi connectivity index (χ4n) is 1.78. The van der Waals surface area contributed by atoms with Crippen molar-refractivity contribution >= 4 is 17.5 Å². The maximum Gasteiger partial charge on any atom is 0.253 e. The molecule has 0 heterocycles. The summed E-state index contributed by atoms with van der Waals surface area (Å²) in [5, 5.41) is 14.9. The van der Waals surface area contributed by atoms with Crippen LogP contribution in [-0.4, -0.2) is 23.5 Å². The van der Waals surface area contributed by atoms with Gasteiger partial charge in [0.2, 0.25) is 5.91 Å². The highest BCUT2D eigenvalue weighted by Crippen LogP contribution is 2.11. The number of hydrogen-bond donors (Lipinski definition) is 3. The van der Waals surface area contributed by atoms with Crippen LogP contribution in [0.15, 0.2) is 60.7 Å². The van der Waals surface area contributed by atoms with E-state index in [0.29, 0.717) is 11.3 Å². The van der Waals surface area contributed by atoms with Gasteiger partial charge in [-0.1, -0.05) is 48.5 Å². The largest absolute Gasteiger partial charge is 0.378 e. The summed E-state index contributed by atoms with van der Waals surface area (Å²) in [4.78, 5) is 23.4. The highest BCUT2D eigenvalue weighted by atomic mass is 16.3. The maximum atomic E-state index is 11.8. The van der Waals surface area contributed by atoms with Gasteiger partial charge in [-0.05, 0) is 17.7 Å². The lowest BCUT2D eigenvalue weighted by atomic mass is 10.1. The Morgan fingerprint density at radius 1 is 0.952 bits per heavy atom. The van der Waals surface area contributed by atoms with Crippen LogP contribution >= 0.6 is 0 Å². The van der Waals surface area contributed by atoms with Crippen LogP contribution < -0.4 is 10.6 Å². The molecule has 0 saturated heterocycles. The number of nitrogens with one attached hydrogen (secondary N) is 2. The van der Waals surface area contributed by atoms with Gasteiger partial charge in [0.1, 0.15) is 0 Å². The normalized spacial score (nSPS) is 11.5. The Morgan fingerprint density at radius 2 is 1.52 bits per heavy atom. The van der Waals surface area contributed by atoms with Gasteiger partial charge in [-0.15, -0.1) is 0 Å². The number of para-hydroxylation sites is 1. The molecule has 0 aliphatic heterocycles. The summed E-state index contributed by atoms with van der Waals surface area (Å²) in [6, 6.07) is 17.5. The lowest BCUT2D eigenvalue weighted by molar-refractivity contribution is -0.131. The average Bonchev–Trinajstić information content (AvgIpc) is 2.53. The minimum absolute atomic E-state index is 0.197. The van der Waals surface area contributed by atoms with E-state index in [9.17, 15) is 14.7 Å². The molecule has 1 atom stereocenters. The van der Waals surface area contributed by atoms with E-state index in [1.807, 2.05) is 6.07 Å². The van der Waals surface area contributed by atoms with Crippen LogP contribution in [0, 0.1) is 0 Å². The summed E-state index contributed by atoms with van der Waals surface area (Å²) >= 11 is 0. The predicted molar refractivity (Wildman–Crippen MR) is 79.5 cm³/mol. The van der Waals surface area contributed by atoms with Crippen LogP contribution in [0.1, 0.15) is 11.7 Å². The molecule has 0 radical (unpaired) electrons. The van der Waals surface area contributed by atoms with Crippen molar-refractivity contribution in [2.75, 3.05) is 11.9 Å². The van der Waals surface area contributed by atoms with Gasteiger partial charge in [-0.3, -0.25) is 9.59 Å². The highest BCUT2D eigenvalue weighted by Gasteiger charge is 2.17. The first-order valence-electron chi connectivity index (χ1n) is 6.52. The molecule has 0 saturated carbocycles. The third-order valence-electron chi connectivity index (χ3n) is 2.84. The van der Waals surface area contributed by atoms with Crippen molar-refractivity contribution in [1.29, 1.82) is 0 Å². The van der Waals surface area contributed by atoms with E-state index < -0.39 is 12.0 Å². The van der Waals surface area contributed by atoms with Crippen molar-refractivity contribution < 1.29 is 14.7 Å². The van der Waals surface area contributed by atoms with Crippen LogP contribution in [0.25, 0.3) is 0 Å². The Bertz CT molecular complexity index is 599. The Kier molecular flexibility index (Phi) is 5.06. The number of carbonyl (C=O) groups excluding carboxylic acids is 2. The minimum Gasteiger partial charge on any atom is -0.378 e. The van der Waals surface area contributed by atoms with E-state index in [-0.39, 0.29) is 12.5 Å². The zero-order valence-corrected chi connectivity index (χ0v) is 11.3. The van der Waals surface area contributed by atoms with E-state index in [4.69, 9.17) is 0 Å². The standard InChI is InChI=1S/C16H16N2O3/c19-14(18-13-9-5-2-6-10-13)11-17-16(21)15(20)12-7-3-1-4-8-12/h1-10,15,20H,11H2,(H,17,21)(H,18,19). The fourth-order valence-corrected chi connectivity index (χ4v) is 1.78. The minimum atomic E-state index is -1.28. The molecular weight excluding hydrogens is 268 g/mol. The number of amides is 2. The predicted octanol–water partition coefficient (Wildman–Crippen LogP) is 1.47. The van der Waals surface area contributed by atoms with Gasteiger partial charge >= 0.3 is 0 Å². The second kappa shape index (κ2) is 7.21. The molecular formula is C16H16N2O3. The van der Waals surface area contributed by atoms with Crippen LogP contribution in [0.5, 0.6) is 0 Å². The molecule has 0 aromatic heterocycles. The molecule has 3 N–H and O–H groups in total. The number of aliphatic hydroxyl groups is 1. The zero-order valence-electron chi connectivity index (χ0n) is 11.3. The highest BCUT2D eigenvalue weighted by molar-refractivity contribution is 5.95. The molecule has 0 fully saturated rings. The molecule has 2 aromatic carbocycles. The summed E-state index contributed by atoms with van der Waals surface area (Å²) in [7, 11) is 0. The van der Waals surface area contributed by atoms with Crippen LogP contribution in [0.2, 0.25) is 0 Å². The summed E-state index contributed by atoms with van der Waals surface area (Å²) in [6.07, 6.45) is -1.28. The molecule has 1 unspecified atom stereocenters. The van der Waals surface area contributed by atoms with Crippen molar-refractivity contribution in [3.8, 4) is 0 Å². The molecule has 2 amide bonds. The van der Waals surface area contributed by atoms with Gasteiger partial charge in [0.05, 0.1) is 6.54 Å². The number of aliphatic hydroxyl groups excluding tert-OH is 1. The molecule has 0 spiro atoms. The summed E-state index contributed by atoms with van der Waals surface area (Å²) < 4.78 is 0. The smallest absolute Gasteiger partial charge is 0.253 e. The fraction of sp³-hybridized carbons (Fsp3) is 0.125. The summed E-state index contributed by atoms with van der Waals surface area (Å²) in [5.41, 5.74) is 1.14. The van der Waals surface area contributed by atoms with Crippen molar-refractivity contribution in [2.24, 2.45) is 0 Å². The van der Waals surface area contributed by atoms with Crippen LogP contribution in [0.3, 0.4) is 0 Å². The molecule has 0 aliphatic rings. The van der Waals surface area contributed by atoms with E-state index in [1.165, 1.54) is 0 Å². The van der Waals surface area contributed by atoms with E-state index in [1.54, 1.807) is 54.6 Å². The quantitative estimate of drug-likeness (QED) is 0.778. The molecule has 0 aliphatic carbocycles. The Balaban J connectivity index is 1.82. The lowest BCUT2D eigenvalue weighted by Gasteiger charge is -2.11. The average molecular weight is 284 g/mol. The second-order valence-electron chi connectivity index (χ2n) is 4.45. The van der Waals surface area contributed by atoms with Gasteiger partial charge in [-0.25, -0.2) is 0 Å². The van der Waals surface area contributed by atoms with Crippen molar-refractivity contribution in [3.63, 3.8) is 0 Å². The van der Waals surface area contributed by atoms with Crippen molar-refractivity contribution in [3.05, 3.63) is 66.2 Å². The number of anilines is 1. The molecule has 0 bridgehead atoms. The van der Waals surface area contributed by atoms with Crippen molar-refractivity contribution in [1.82, 2.24) is 5.32 Å². The Hall–Kier alpha value is -2.66. The SMILES string of the molecule is O=C(CNC(=O)C(O)c1ccccc1)Nc1ccccc1. The molecule has 2 rings (SSSR count). The van der Waals surface area contributed by atoms with Gasteiger partial charge in [0, 0.05) is 5.69 Å². The molecule has 5 nitrogen and oxygen atoms in total. The lowest BCUT2D eigenvalue weighted by Crippen LogP contribution is -2.36. The van der Waals surface area contributed by atoms with E-state index in [0.717, 1.165) is 0 Å². The monoisotopic (exact) mass is 284 g/mol. The van der Waals surface area contributed by atoms with Gasteiger partial charge in [-0.2, -0.15) is 0 Å². The number of carbonyl (C=O) groups is 2. The van der Waals surface area contributed by atoms with Crippen LogP contribution in [0.4, 0.5) is 5.69 Å². The third kappa shape index (κ3) is 4.43. The molecule has 21 heavy (non-hydrogen) atoms. The summed E-state index contributed by atoms with van der Waals surface area (Å²) in [6.45, 7) is -0.197. The Morgan fingerprint density at radius 3 is 2.14 bits per heavy atom. The van der Waals surface area contributed by atoms with E-state index in [2.05, 4.69) is 10.6 Å². The van der Waals surface area contributed by atoms with E-state index >= 15 is 0 Å². The number of benzene rings is 2. The summed E-state index contributed by atoms with van der Waals surface area (Å²) in [5.74, 6) is -0.959. The topological polar surface area (TPSA) is 78.4 Å². The van der Waals surface area contributed by atoms with Gasteiger partial charge in [0.15, 0.2) is 6.10 Å². The molecule has 108 valence electrons. The number of hydrogen-bond acceptors (Lipinski definition) is 3. The Labute approximate surface area is 122 Å². The van der Waals surface area contributed by atoms with Crippen molar-refractivity contribution in [2.45, 2.75) is 6.10 Å². The second-order valence-corrected chi connectivity index (χ2v) is 4.45. The first-order valence-corrected chi connectivity index (χ1v) is 6.52. The zero-order chi connectivity index (χ0) is 15.1. The third-order valence-corrected chi connectivity index (χ3v) is 2.84.